The number of hydrazone groups is 1. The predicted molar refractivity (Wildman–Crippen MR) is 107 cm³/mol. The number of amidine groups is 1. The van der Waals surface area contributed by atoms with Crippen molar-refractivity contribution in [3.63, 3.8) is 0 Å². The largest absolute Gasteiger partial charge is 0.459 e. The van der Waals surface area contributed by atoms with Crippen molar-refractivity contribution < 1.29 is 18.8 Å². The minimum atomic E-state index is -0.430. The Bertz CT molecular complexity index is 1090. The molecule has 1 aliphatic rings. The smallest absolute Gasteiger partial charge is 0.291 e. The molecule has 2 aromatic carbocycles. The summed E-state index contributed by atoms with van der Waals surface area (Å²) in [6, 6.07) is 18.6. The van der Waals surface area contributed by atoms with E-state index in [1.807, 2.05) is 6.07 Å². The van der Waals surface area contributed by atoms with E-state index in [9.17, 15) is 14.4 Å². The van der Waals surface area contributed by atoms with Gasteiger partial charge in [0, 0.05) is 11.3 Å². The highest BCUT2D eigenvalue weighted by Crippen LogP contribution is 2.19. The van der Waals surface area contributed by atoms with Crippen LogP contribution >= 0.6 is 0 Å². The molecular formula is C21H16N4O4. The van der Waals surface area contributed by atoms with E-state index in [4.69, 9.17) is 4.42 Å². The number of carbonyl (C=O) groups excluding carboxylic acids is 3. The lowest BCUT2D eigenvalue weighted by Gasteiger charge is -2.10. The van der Waals surface area contributed by atoms with E-state index in [1.54, 1.807) is 54.6 Å². The van der Waals surface area contributed by atoms with Gasteiger partial charge >= 0.3 is 0 Å². The van der Waals surface area contributed by atoms with Crippen LogP contribution in [0.15, 0.2) is 82.5 Å². The fraction of sp³-hybridized carbons (Fsp3) is 0.0476. The van der Waals surface area contributed by atoms with E-state index in [-0.39, 0.29) is 23.9 Å². The Morgan fingerprint density at radius 1 is 0.931 bits per heavy atom. The average Bonchev–Trinajstić information content (AvgIpc) is 3.39. The number of hydrogen-bond acceptors (Lipinski definition) is 5. The van der Waals surface area contributed by atoms with Gasteiger partial charge < -0.3 is 15.1 Å². The molecular weight excluding hydrogens is 372 g/mol. The van der Waals surface area contributed by atoms with Gasteiger partial charge in [-0.1, -0.05) is 24.3 Å². The molecule has 0 fully saturated rings. The number of carbonyl (C=O) groups is 3. The van der Waals surface area contributed by atoms with E-state index >= 15 is 0 Å². The molecule has 1 aliphatic heterocycles. The third-order valence-electron chi connectivity index (χ3n) is 4.16. The van der Waals surface area contributed by atoms with E-state index in [0.29, 0.717) is 16.9 Å². The van der Waals surface area contributed by atoms with Crippen LogP contribution in [0.2, 0.25) is 0 Å². The quantitative estimate of drug-likeness (QED) is 0.717. The second-order valence-electron chi connectivity index (χ2n) is 6.23. The number of nitrogens with one attached hydrogen (secondary N) is 2. The van der Waals surface area contributed by atoms with Gasteiger partial charge in [0.25, 0.3) is 17.7 Å². The van der Waals surface area contributed by atoms with Gasteiger partial charge in [-0.3, -0.25) is 14.4 Å². The van der Waals surface area contributed by atoms with Gasteiger partial charge in [0.15, 0.2) is 5.76 Å². The second kappa shape index (κ2) is 7.81. The molecule has 0 radical (unpaired) electrons. The highest BCUT2D eigenvalue weighted by atomic mass is 16.3. The van der Waals surface area contributed by atoms with Crippen LogP contribution in [0.1, 0.15) is 27.3 Å². The summed E-state index contributed by atoms with van der Waals surface area (Å²) in [5, 5.41) is 10.8. The zero-order valence-electron chi connectivity index (χ0n) is 15.2. The third-order valence-corrected chi connectivity index (χ3v) is 4.16. The van der Waals surface area contributed by atoms with Crippen molar-refractivity contribution in [2.24, 2.45) is 5.10 Å². The lowest BCUT2D eigenvalue weighted by Crippen LogP contribution is -2.29. The van der Waals surface area contributed by atoms with Crippen molar-refractivity contribution in [3.8, 4) is 0 Å². The van der Waals surface area contributed by atoms with Crippen LogP contribution in [-0.2, 0) is 4.79 Å². The fourth-order valence-electron chi connectivity index (χ4n) is 2.81. The number of amides is 3. The van der Waals surface area contributed by atoms with Crippen LogP contribution < -0.4 is 15.6 Å². The van der Waals surface area contributed by atoms with Crippen LogP contribution in [0, 0.1) is 0 Å². The lowest BCUT2D eigenvalue weighted by molar-refractivity contribution is -0.116. The molecule has 0 aliphatic carbocycles. The Morgan fingerprint density at radius 2 is 1.76 bits per heavy atom. The summed E-state index contributed by atoms with van der Waals surface area (Å²) in [5.41, 5.74) is 1.38. The molecule has 1 aromatic heterocycles. The van der Waals surface area contributed by atoms with Gasteiger partial charge in [-0.15, -0.1) is 0 Å². The molecule has 0 saturated carbocycles. The normalized spacial score (nSPS) is 13.2. The van der Waals surface area contributed by atoms with Gasteiger partial charge in [0.1, 0.15) is 5.84 Å². The monoisotopic (exact) mass is 388 g/mol. The van der Waals surface area contributed by atoms with Gasteiger partial charge in [0.05, 0.1) is 18.4 Å². The Hall–Kier alpha value is -4.20. The molecule has 4 rings (SSSR count). The third kappa shape index (κ3) is 4.06. The first-order valence-corrected chi connectivity index (χ1v) is 8.82. The molecule has 8 nitrogen and oxygen atoms in total. The number of nitrogens with zero attached hydrogens (tertiary/aromatic N) is 2. The summed E-state index contributed by atoms with van der Waals surface area (Å²) in [6.07, 6.45) is 1.40. The van der Waals surface area contributed by atoms with Crippen molar-refractivity contribution in [1.29, 1.82) is 0 Å². The van der Waals surface area contributed by atoms with Gasteiger partial charge in [-0.05, 0) is 42.5 Å². The highest BCUT2D eigenvalue weighted by molar-refractivity contribution is 6.18. The molecule has 3 amide bonds. The predicted octanol–water partition coefficient (Wildman–Crippen LogP) is 3.01. The SMILES string of the molecule is O=C(NC1=NN(c2ccccc2)C(=O)C1)c1cccc(NC(=O)c2ccco2)c1. The summed E-state index contributed by atoms with van der Waals surface area (Å²) in [5.74, 6) is -0.656. The molecule has 0 bridgehead atoms. The molecule has 0 atom stereocenters. The lowest BCUT2D eigenvalue weighted by atomic mass is 10.2. The van der Waals surface area contributed by atoms with Gasteiger partial charge in [0.2, 0.25) is 0 Å². The van der Waals surface area contributed by atoms with E-state index in [1.165, 1.54) is 17.3 Å². The second-order valence-corrected chi connectivity index (χ2v) is 6.23. The molecule has 3 aromatic rings. The molecule has 0 spiro atoms. The Labute approximate surface area is 165 Å². The molecule has 144 valence electrons. The van der Waals surface area contributed by atoms with Crippen LogP contribution in [0.25, 0.3) is 0 Å². The molecule has 0 saturated heterocycles. The Balaban J connectivity index is 1.45. The molecule has 8 heteroatoms. The van der Waals surface area contributed by atoms with Crippen LogP contribution in [0.4, 0.5) is 11.4 Å². The zero-order chi connectivity index (χ0) is 20.2. The van der Waals surface area contributed by atoms with Crippen molar-refractivity contribution in [2.75, 3.05) is 10.3 Å². The minimum Gasteiger partial charge on any atom is -0.459 e. The fourth-order valence-corrected chi connectivity index (χ4v) is 2.81. The first kappa shape index (κ1) is 18.2. The molecule has 2 heterocycles. The number of benzene rings is 2. The summed E-state index contributed by atoms with van der Waals surface area (Å²) in [7, 11) is 0. The zero-order valence-corrected chi connectivity index (χ0v) is 15.2. The average molecular weight is 388 g/mol. The van der Waals surface area contributed by atoms with Crippen molar-refractivity contribution >= 4 is 34.9 Å². The van der Waals surface area contributed by atoms with E-state index in [2.05, 4.69) is 15.7 Å². The van der Waals surface area contributed by atoms with Gasteiger partial charge in [-0.25, -0.2) is 0 Å². The molecule has 0 unspecified atom stereocenters. The summed E-state index contributed by atoms with van der Waals surface area (Å²) < 4.78 is 5.05. The standard InChI is InChI=1S/C21H16N4O4/c26-19-13-18(24-25(19)16-8-2-1-3-9-16)23-20(27)14-6-4-7-15(12-14)22-21(28)17-10-5-11-29-17/h1-12H,13H2,(H,22,28)(H,23,24,27). The van der Waals surface area contributed by atoms with E-state index < -0.39 is 11.8 Å². The van der Waals surface area contributed by atoms with Crippen LogP contribution in [-0.4, -0.2) is 23.6 Å². The maximum Gasteiger partial charge on any atom is 0.291 e. The summed E-state index contributed by atoms with van der Waals surface area (Å²) in [6.45, 7) is 0. The van der Waals surface area contributed by atoms with Crippen LogP contribution in [0.3, 0.4) is 0 Å². The van der Waals surface area contributed by atoms with Gasteiger partial charge in [-0.2, -0.15) is 10.1 Å². The molecule has 29 heavy (non-hydrogen) atoms. The number of anilines is 2. The highest BCUT2D eigenvalue weighted by Gasteiger charge is 2.26. The topological polar surface area (TPSA) is 104 Å². The number of para-hydroxylation sites is 1. The van der Waals surface area contributed by atoms with Crippen molar-refractivity contribution in [3.05, 3.63) is 84.3 Å². The Kier molecular flexibility index (Phi) is 4.90. The minimum absolute atomic E-state index is 0.00441. The summed E-state index contributed by atoms with van der Waals surface area (Å²) in [4.78, 5) is 36.8. The maximum atomic E-state index is 12.6. The summed E-state index contributed by atoms with van der Waals surface area (Å²) >= 11 is 0. The van der Waals surface area contributed by atoms with Crippen molar-refractivity contribution in [1.82, 2.24) is 5.32 Å². The van der Waals surface area contributed by atoms with E-state index in [0.717, 1.165) is 0 Å². The van der Waals surface area contributed by atoms with Crippen molar-refractivity contribution in [2.45, 2.75) is 6.42 Å². The number of rotatable bonds is 4. The maximum absolute atomic E-state index is 12.6. The first-order chi connectivity index (χ1) is 14.1. The number of hydrogen-bond donors (Lipinski definition) is 2. The van der Waals surface area contributed by atoms with Crippen LogP contribution in [0.5, 0.6) is 0 Å². The first-order valence-electron chi connectivity index (χ1n) is 8.82. The number of furan rings is 1. The molecule has 2 N–H and O–H groups in total. The Morgan fingerprint density at radius 3 is 2.52 bits per heavy atom.